The lowest BCUT2D eigenvalue weighted by molar-refractivity contribution is -0.119. The SMILES string of the molecule is CC(C)c1ccc(NC(=O)[C@@H]2c3ccccc3C(=O)N(C3CCCC3)[C@H]2c2cccs2)cc1. The van der Waals surface area contributed by atoms with Gasteiger partial charge in [-0.15, -0.1) is 11.3 Å². The number of anilines is 1. The average molecular weight is 459 g/mol. The van der Waals surface area contributed by atoms with E-state index < -0.39 is 5.92 Å². The molecule has 2 heterocycles. The van der Waals surface area contributed by atoms with E-state index in [4.69, 9.17) is 0 Å². The van der Waals surface area contributed by atoms with Gasteiger partial charge in [-0.25, -0.2) is 0 Å². The predicted octanol–water partition coefficient (Wildman–Crippen LogP) is 6.73. The van der Waals surface area contributed by atoms with E-state index in [1.165, 1.54) is 5.56 Å². The Kier molecular flexibility index (Phi) is 6.07. The van der Waals surface area contributed by atoms with Gasteiger partial charge in [0.15, 0.2) is 0 Å². The number of nitrogens with zero attached hydrogens (tertiary/aromatic N) is 1. The summed E-state index contributed by atoms with van der Waals surface area (Å²) in [4.78, 5) is 30.7. The molecule has 1 N–H and O–H groups in total. The van der Waals surface area contributed by atoms with Crippen molar-refractivity contribution >= 4 is 28.8 Å². The lowest BCUT2D eigenvalue weighted by atomic mass is 9.80. The van der Waals surface area contributed by atoms with Crippen LogP contribution < -0.4 is 5.32 Å². The van der Waals surface area contributed by atoms with Gasteiger partial charge in [0.2, 0.25) is 5.91 Å². The molecule has 1 fully saturated rings. The van der Waals surface area contributed by atoms with Crippen LogP contribution in [-0.4, -0.2) is 22.8 Å². The highest BCUT2D eigenvalue weighted by Crippen LogP contribution is 2.47. The first kappa shape index (κ1) is 21.9. The quantitative estimate of drug-likeness (QED) is 0.461. The van der Waals surface area contributed by atoms with Gasteiger partial charge in [-0.3, -0.25) is 9.59 Å². The molecular weight excluding hydrogens is 428 g/mol. The molecular formula is C28H30N2O2S. The molecule has 0 spiro atoms. The molecule has 2 aliphatic rings. The Bertz CT molecular complexity index is 1130. The van der Waals surface area contributed by atoms with E-state index in [2.05, 4.69) is 37.4 Å². The van der Waals surface area contributed by atoms with E-state index in [-0.39, 0.29) is 23.9 Å². The van der Waals surface area contributed by atoms with Gasteiger partial charge in [-0.2, -0.15) is 0 Å². The van der Waals surface area contributed by atoms with Crippen LogP contribution in [0.1, 0.15) is 83.8 Å². The Labute approximate surface area is 199 Å². The van der Waals surface area contributed by atoms with Gasteiger partial charge < -0.3 is 10.2 Å². The van der Waals surface area contributed by atoms with Crippen LogP contribution in [0.2, 0.25) is 0 Å². The van der Waals surface area contributed by atoms with Crippen molar-refractivity contribution in [1.29, 1.82) is 0 Å². The minimum atomic E-state index is -0.456. The van der Waals surface area contributed by atoms with E-state index >= 15 is 0 Å². The Hall–Kier alpha value is -2.92. The average Bonchev–Trinajstić information content (AvgIpc) is 3.54. The Morgan fingerprint density at radius 3 is 2.39 bits per heavy atom. The van der Waals surface area contributed by atoms with E-state index in [0.29, 0.717) is 11.5 Å². The Morgan fingerprint density at radius 1 is 1.00 bits per heavy atom. The van der Waals surface area contributed by atoms with Crippen molar-refractivity contribution in [1.82, 2.24) is 4.90 Å². The number of carbonyl (C=O) groups excluding carboxylic acids is 2. The number of hydrogen-bond donors (Lipinski definition) is 1. The minimum Gasteiger partial charge on any atom is -0.327 e. The summed E-state index contributed by atoms with van der Waals surface area (Å²) in [7, 11) is 0. The maximum absolute atomic E-state index is 13.9. The van der Waals surface area contributed by atoms with Crippen LogP contribution in [0, 0.1) is 0 Å². The van der Waals surface area contributed by atoms with Crippen molar-refractivity contribution < 1.29 is 9.59 Å². The van der Waals surface area contributed by atoms with Crippen molar-refractivity contribution in [3.8, 4) is 0 Å². The summed E-state index contributed by atoms with van der Waals surface area (Å²) in [5.74, 6) is -0.0213. The number of nitrogens with one attached hydrogen (secondary N) is 1. The van der Waals surface area contributed by atoms with Gasteiger partial charge in [-0.1, -0.05) is 63.1 Å². The topological polar surface area (TPSA) is 49.4 Å². The van der Waals surface area contributed by atoms with E-state index in [9.17, 15) is 9.59 Å². The molecule has 4 nitrogen and oxygen atoms in total. The molecule has 170 valence electrons. The highest BCUT2D eigenvalue weighted by molar-refractivity contribution is 7.10. The van der Waals surface area contributed by atoms with Gasteiger partial charge >= 0.3 is 0 Å². The van der Waals surface area contributed by atoms with E-state index in [1.807, 2.05) is 52.7 Å². The summed E-state index contributed by atoms with van der Waals surface area (Å²) in [5.41, 5.74) is 3.51. The number of rotatable bonds is 5. The molecule has 0 saturated heterocycles. The van der Waals surface area contributed by atoms with Crippen LogP contribution in [0.5, 0.6) is 0 Å². The minimum absolute atomic E-state index is 0.0567. The molecule has 1 aromatic heterocycles. The molecule has 33 heavy (non-hydrogen) atoms. The monoisotopic (exact) mass is 458 g/mol. The Balaban J connectivity index is 1.56. The summed E-state index contributed by atoms with van der Waals surface area (Å²) in [6, 6.07) is 19.7. The summed E-state index contributed by atoms with van der Waals surface area (Å²) in [6.07, 6.45) is 4.26. The fourth-order valence-electron chi connectivity index (χ4n) is 5.35. The summed E-state index contributed by atoms with van der Waals surface area (Å²) < 4.78 is 0. The fourth-order valence-corrected chi connectivity index (χ4v) is 6.21. The first-order valence-electron chi connectivity index (χ1n) is 11.9. The van der Waals surface area contributed by atoms with Crippen LogP contribution in [0.4, 0.5) is 5.69 Å². The van der Waals surface area contributed by atoms with Crippen molar-refractivity contribution in [2.75, 3.05) is 5.32 Å². The van der Waals surface area contributed by atoms with Crippen molar-refractivity contribution in [2.45, 2.75) is 63.5 Å². The number of carbonyl (C=O) groups is 2. The van der Waals surface area contributed by atoms with Crippen molar-refractivity contribution in [3.63, 3.8) is 0 Å². The summed E-state index contributed by atoms with van der Waals surface area (Å²) in [6.45, 7) is 4.32. The molecule has 2 aromatic carbocycles. The molecule has 0 unspecified atom stereocenters. The van der Waals surface area contributed by atoms with Crippen LogP contribution in [0.25, 0.3) is 0 Å². The molecule has 2 amide bonds. The first-order valence-corrected chi connectivity index (χ1v) is 12.8. The second kappa shape index (κ2) is 9.14. The summed E-state index contributed by atoms with van der Waals surface area (Å²) >= 11 is 1.63. The number of hydrogen-bond acceptors (Lipinski definition) is 3. The largest absolute Gasteiger partial charge is 0.327 e. The highest BCUT2D eigenvalue weighted by Gasteiger charge is 2.47. The number of benzene rings is 2. The maximum Gasteiger partial charge on any atom is 0.254 e. The standard InChI is InChI=1S/C28H30N2O2S/c1-18(2)19-13-15-20(16-14-19)29-27(31)25-22-10-5-6-11-23(22)28(32)30(21-8-3-4-9-21)26(25)24-12-7-17-33-24/h5-7,10-18,21,25-26H,3-4,8-9H2,1-2H3,(H,29,31)/t25-,26+/m1/s1. The molecule has 1 saturated carbocycles. The zero-order valence-corrected chi connectivity index (χ0v) is 20.0. The fraction of sp³-hybridized carbons (Fsp3) is 0.357. The van der Waals surface area contributed by atoms with Gasteiger partial charge in [0.05, 0.1) is 12.0 Å². The molecule has 5 heteroatoms. The summed E-state index contributed by atoms with van der Waals surface area (Å²) in [5, 5.41) is 5.20. The van der Waals surface area contributed by atoms with E-state index in [1.54, 1.807) is 11.3 Å². The normalized spacial score (nSPS) is 20.8. The smallest absolute Gasteiger partial charge is 0.254 e. The maximum atomic E-state index is 13.9. The second-order valence-electron chi connectivity index (χ2n) is 9.44. The lowest BCUT2D eigenvalue weighted by Crippen LogP contribution is -2.49. The number of amides is 2. The number of thiophene rings is 1. The third kappa shape index (κ3) is 4.10. The van der Waals surface area contributed by atoms with Crippen LogP contribution >= 0.6 is 11.3 Å². The molecule has 1 aliphatic carbocycles. The molecule has 0 bridgehead atoms. The van der Waals surface area contributed by atoms with Gasteiger partial charge in [0.25, 0.3) is 5.91 Å². The zero-order chi connectivity index (χ0) is 22.9. The molecule has 5 rings (SSSR count). The highest BCUT2D eigenvalue weighted by atomic mass is 32.1. The zero-order valence-electron chi connectivity index (χ0n) is 19.2. The van der Waals surface area contributed by atoms with Gasteiger partial charge in [-0.05, 0) is 59.5 Å². The van der Waals surface area contributed by atoms with Crippen molar-refractivity contribution in [2.24, 2.45) is 0 Å². The Morgan fingerprint density at radius 2 is 1.73 bits per heavy atom. The van der Waals surface area contributed by atoms with Crippen LogP contribution in [-0.2, 0) is 4.79 Å². The predicted molar refractivity (Wildman–Crippen MR) is 134 cm³/mol. The number of fused-ring (bicyclic) bond motifs is 1. The van der Waals surface area contributed by atoms with E-state index in [0.717, 1.165) is 41.8 Å². The molecule has 0 radical (unpaired) electrons. The first-order chi connectivity index (χ1) is 16.0. The van der Waals surface area contributed by atoms with Crippen molar-refractivity contribution in [3.05, 3.63) is 87.6 Å². The van der Waals surface area contributed by atoms with Crippen LogP contribution in [0.3, 0.4) is 0 Å². The third-order valence-electron chi connectivity index (χ3n) is 7.06. The molecule has 3 aromatic rings. The second-order valence-corrected chi connectivity index (χ2v) is 10.4. The van der Waals surface area contributed by atoms with Gasteiger partial charge in [0, 0.05) is 22.2 Å². The lowest BCUT2D eigenvalue weighted by Gasteiger charge is -2.44. The molecule has 2 atom stereocenters. The molecule has 1 aliphatic heterocycles. The third-order valence-corrected chi connectivity index (χ3v) is 8.00. The van der Waals surface area contributed by atoms with Crippen LogP contribution in [0.15, 0.2) is 66.0 Å². The van der Waals surface area contributed by atoms with Gasteiger partial charge in [0.1, 0.15) is 0 Å².